The number of nitriles is 1. The smallest absolute Gasteiger partial charge is 0.137 e. The Bertz CT molecular complexity index is 557. The van der Waals surface area contributed by atoms with Gasteiger partial charge in [0.2, 0.25) is 0 Å². The summed E-state index contributed by atoms with van der Waals surface area (Å²) in [7, 11) is 0. The molecular formula is C15H17ClN4. The normalized spacial score (nSPS) is 13.7. The molecule has 5 heteroatoms. The highest BCUT2D eigenvalue weighted by Crippen LogP contribution is 2.30. The molecular weight excluding hydrogens is 272 g/mol. The number of nitrogens with zero attached hydrogens (tertiary/aromatic N) is 4. The zero-order valence-corrected chi connectivity index (χ0v) is 12.2. The van der Waals surface area contributed by atoms with E-state index in [1.807, 2.05) is 24.3 Å². The lowest BCUT2D eigenvalue weighted by atomic mass is 9.90. The number of hydrogen-bond acceptors (Lipinski definition) is 3. The zero-order valence-electron chi connectivity index (χ0n) is 11.4. The molecule has 0 fully saturated rings. The van der Waals surface area contributed by atoms with Crippen molar-refractivity contribution in [3.8, 4) is 6.07 Å². The molecule has 0 aliphatic heterocycles. The Kier molecular flexibility index (Phi) is 5.14. The van der Waals surface area contributed by atoms with Crippen LogP contribution in [0, 0.1) is 17.2 Å². The molecule has 0 saturated heterocycles. The van der Waals surface area contributed by atoms with E-state index in [1.165, 1.54) is 6.33 Å². The van der Waals surface area contributed by atoms with Gasteiger partial charge >= 0.3 is 0 Å². The first-order chi connectivity index (χ1) is 9.76. The summed E-state index contributed by atoms with van der Waals surface area (Å²) in [5.41, 5.74) is 1.03. The first-order valence-electron chi connectivity index (χ1n) is 6.75. The lowest BCUT2D eigenvalue weighted by molar-refractivity contribution is 0.389. The predicted molar refractivity (Wildman–Crippen MR) is 78.2 cm³/mol. The van der Waals surface area contributed by atoms with Crippen molar-refractivity contribution in [2.24, 2.45) is 5.92 Å². The molecule has 0 amide bonds. The fourth-order valence-electron chi connectivity index (χ4n) is 2.31. The van der Waals surface area contributed by atoms with E-state index < -0.39 is 0 Å². The van der Waals surface area contributed by atoms with E-state index in [4.69, 9.17) is 11.6 Å². The van der Waals surface area contributed by atoms with Crippen LogP contribution in [0.4, 0.5) is 0 Å². The second kappa shape index (κ2) is 7.06. The summed E-state index contributed by atoms with van der Waals surface area (Å²) in [6.45, 7) is 2.13. The third-order valence-electron chi connectivity index (χ3n) is 3.35. The fourth-order valence-corrected chi connectivity index (χ4v) is 2.43. The van der Waals surface area contributed by atoms with Crippen LogP contribution >= 0.6 is 11.6 Å². The summed E-state index contributed by atoms with van der Waals surface area (Å²) in [6, 6.07) is 9.88. The number of halogens is 1. The molecule has 0 N–H and O–H groups in total. The summed E-state index contributed by atoms with van der Waals surface area (Å²) in [5.74, 6) is -0.127. The summed E-state index contributed by atoms with van der Waals surface area (Å²) >= 11 is 5.94. The van der Waals surface area contributed by atoms with E-state index in [9.17, 15) is 5.26 Å². The van der Waals surface area contributed by atoms with Crippen LogP contribution in [0.2, 0.25) is 5.02 Å². The van der Waals surface area contributed by atoms with E-state index in [1.54, 1.807) is 11.0 Å². The van der Waals surface area contributed by atoms with E-state index >= 15 is 0 Å². The summed E-state index contributed by atoms with van der Waals surface area (Å²) in [4.78, 5) is 4.00. The standard InChI is InChI=1S/C15H17ClN4/c1-2-3-4-13(9-17)15(20-11-18-10-19-20)12-5-7-14(16)8-6-12/h5-8,10-11,13,15H,2-4H2,1H3. The number of unbranched alkanes of at least 4 members (excludes halogenated alkanes) is 1. The van der Waals surface area contributed by atoms with Gasteiger partial charge < -0.3 is 0 Å². The lowest BCUT2D eigenvalue weighted by Crippen LogP contribution is -2.20. The van der Waals surface area contributed by atoms with Gasteiger partial charge in [0, 0.05) is 5.02 Å². The number of benzene rings is 1. The molecule has 4 nitrogen and oxygen atoms in total. The average molecular weight is 289 g/mol. The molecule has 2 atom stereocenters. The van der Waals surface area contributed by atoms with E-state index in [-0.39, 0.29) is 12.0 Å². The predicted octanol–water partition coefficient (Wildman–Crippen LogP) is 3.85. The van der Waals surface area contributed by atoms with Crippen molar-refractivity contribution in [3.05, 3.63) is 47.5 Å². The van der Waals surface area contributed by atoms with E-state index in [0.717, 1.165) is 24.8 Å². The SMILES string of the molecule is CCCCC(C#N)C(c1ccc(Cl)cc1)n1cncn1. The van der Waals surface area contributed by atoms with Gasteiger partial charge in [-0.1, -0.05) is 43.5 Å². The quantitative estimate of drug-likeness (QED) is 0.811. The van der Waals surface area contributed by atoms with Gasteiger partial charge in [0.05, 0.1) is 18.0 Å². The maximum absolute atomic E-state index is 9.50. The Morgan fingerprint density at radius 1 is 1.35 bits per heavy atom. The van der Waals surface area contributed by atoms with Crippen LogP contribution in [0.3, 0.4) is 0 Å². The molecule has 0 bridgehead atoms. The second-order valence-electron chi connectivity index (χ2n) is 4.75. The van der Waals surface area contributed by atoms with Crippen molar-refractivity contribution in [3.63, 3.8) is 0 Å². The molecule has 2 aromatic rings. The maximum Gasteiger partial charge on any atom is 0.137 e. The Morgan fingerprint density at radius 3 is 2.65 bits per heavy atom. The molecule has 1 aromatic heterocycles. The molecule has 0 saturated carbocycles. The van der Waals surface area contributed by atoms with Crippen LogP contribution in [0.5, 0.6) is 0 Å². The van der Waals surface area contributed by atoms with E-state index in [0.29, 0.717) is 5.02 Å². The summed E-state index contributed by atoms with van der Waals surface area (Å²) < 4.78 is 1.76. The molecule has 104 valence electrons. The monoisotopic (exact) mass is 288 g/mol. The van der Waals surface area contributed by atoms with Gasteiger partial charge in [-0.25, -0.2) is 9.67 Å². The topological polar surface area (TPSA) is 54.5 Å². The van der Waals surface area contributed by atoms with Crippen LogP contribution in [-0.4, -0.2) is 14.8 Å². The third kappa shape index (κ3) is 3.37. The van der Waals surface area contributed by atoms with Crippen LogP contribution in [-0.2, 0) is 0 Å². The molecule has 1 heterocycles. The van der Waals surface area contributed by atoms with Crippen molar-refractivity contribution < 1.29 is 0 Å². The van der Waals surface area contributed by atoms with Gasteiger partial charge in [-0.2, -0.15) is 10.4 Å². The summed E-state index contributed by atoms with van der Waals surface area (Å²) in [6.07, 6.45) is 6.10. The highest BCUT2D eigenvalue weighted by molar-refractivity contribution is 6.30. The maximum atomic E-state index is 9.50. The van der Waals surface area contributed by atoms with Crippen molar-refractivity contribution in [1.82, 2.24) is 14.8 Å². The van der Waals surface area contributed by atoms with E-state index in [2.05, 4.69) is 23.1 Å². The lowest BCUT2D eigenvalue weighted by Gasteiger charge is -2.22. The molecule has 0 aliphatic rings. The molecule has 0 radical (unpaired) electrons. The molecule has 0 aliphatic carbocycles. The van der Waals surface area contributed by atoms with Crippen molar-refractivity contribution in [2.45, 2.75) is 32.2 Å². The van der Waals surface area contributed by atoms with Gasteiger partial charge in [-0.05, 0) is 24.1 Å². The largest absolute Gasteiger partial charge is 0.244 e. The number of aromatic nitrogens is 3. The van der Waals surface area contributed by atoms with Gasteiger partial charge in [0.1, 0.15) is 12.7 Å². The Morgan fingerprint density at radius 2 is 2.10 bits per heavy atom. The molecule has 1 aromatic carbocycles. The minimum Gasteiger partial charge on any atom is -0.244 e. The first kappa shape index (κ1) is 14.5. The first-order valence-corrected chi connectivity index (χ1v) is 7.13. The van der Waals surface area contributed by atoms with Crippen molar-refractivity contribution in [2.75, 3.05) is 0 Å². The molecule has 2 rings (SSSR count). The Labute approximate surface area is 124 Å². The van der Waals surface area contributed by atoms with Gasteiger partial charge in [-0.3, -0.25) is 0 Å². The molecule has 0 spiro atoms. The molecule has 20 heavy (non-hydrogen) atoms. The minimum atomic E-state index is -0.127. The summed E-state index contributed by atoms with van der Waals surface area (Å²) in [5, 5.41) is 14.4. The average Bonchev–Trinajstić information content (AvgIpc) is 2.98. The number of hydrogen-bond donors (Lipinski definition) is 0. The van der Waals surface area contributed by atoms with Crippen molar-refractivity contribution in [1.29, 1.82) is 5.26 Å². The zero-order chi connectivity index (χ0) is 14.4. The minimum absolute atomic E-state index is 0.119. The van der Waals surface area contributed by atoms with Gasteiger partial charge in [0.25, 0.3) is 0 Å². The molecule has 2 unspecified atom stereocenters. The van der Waals surface area contributed by atoms with Crippen LogP contribution in [0.15, 0.2) is 36.9 Å². The van der Waals surface area contributed by atoms with Gasteiger partial charge in [0.15, 0.2) is 0 Å². The highest BCUT2D eigenvalue weighted by atomic mass is 35.5. The van der Waals surface area contributed by atoms with Crippen LogP contribution < -0.4 is 0 Å². The number of rotatable bonds is 6. The highest BCUT2D eigenvalue weighted by Gasteiger charge is 2.25. The third-order valence-corrected chi connectivity index (χ3v) is 3.60. The van der Waals surface area contributed by atoms with Gasteiger partial charge in [-0.15, -0.1) is 0 Å². The van der Waals surface area contributed by atoms with Crippen LogP contribution in [0.25, 0.3) is 0 Å². The Hall–Kier alpha value is -1.86. The van der Waals surface area contributed by atoms with Crippen LogP contribution in [0.1, 0.15) is 37.8 Å². The Balaban J connectivity index is 2.34. The second-order valence-corrected chi connectivity index (χ2v) is 5.19. The van der Waals surface area contributed by atoms with Crippen molar-refractivity contribution >= 4 is 11.6 Å². The fraction of sp³-hybridized carbons (Fsp3) is 0.400.